The molecule has 1 aliphatic rings. The van der Waals surface area contributed by atoms with Gasteiger partial charge in [-0.15, -0.1) is 0 Å². The lowest BCUT2D eigenvalue weighted by Gasteiger charge is -2.20. The van der Waals surface area contributed by atoms with E-state index in [9.17, 15) is 8.42 Å². The molecule has 0 aliphatic carbocycles. The molecule has 1 fully saturated rings. The van der Waals surface area contributed by atoms with E-state index in [1.165, 1.54) is 20.3 Å². The van der Waals surface area contributed by atoms with Crippen LogP contribution >= 0.6 is 0 Å². The molecule has 2 rings (SSSR count). The number of ether oxygens (including phenoxy) is 3. The van der Waals surface area contributed by atoms with Crippen molar-refractivity contribution >= 4 is 10.0 Å². The smallest absolute Gasteiger partial charge is 0.244 e. The molecule has 1 N–H and O–H groups in total. The summed E-state index contributed by atoms with van der Waals surface area (Å²) in [6.45, 7) is 2.49. The minimum absolute atomic E-state index is 0.0796. The standard InChI is InChI=1S/C14H21NO5S/c1-10(12-5-4-8-20-12)15-21(16,17)14-7-6-11(18-2)9-13(14)19-3/h6-7,9-10,12,15H,4-5,8H2,1-3H3/t10-,12-/m0/s1. The van der Waals surface area contributed by atoms with Gasteiger partial charge in [-0.1, -0.05) is 0 Å². The summed E-state index contributed by atoms with van der Waals surface area (Å²) < 4.78 is 43.4. The lowest BCUT2D eigenvalue weighted by molar-refractivity contribution is 0.0902. The predicted molar refractivity (Wildman–Crippen MR) is 78.3 cm³/mol. The third-order valence-electron chi connectivity index (χ3n) is 3.52. The van der Waals surface area contributed by atoms with E-state index < -0.39 is 10.0 Å². The molecule has 21 heavy (non-hydrogen) atoms. The highest BCUT2D eigenvalue weighted by Gasteiger charge is 2.28. The van der Waals surface area contributed by atoms with Gasteiger partial charge in [0.1, 0.15) is 16.4 Å². The van der Waals surface area contributed by atoms with Gasteiger partial charge in [-0.25, -0.2) is 13.1 Å². The van der Waals surface area contributed by atoms with E-state index >= 15 is 0 Å². The zero-order valence-electron chi connectivity index (χ0n) is 12.5. The van der Waals surface area contributed by atoms with Gasteiger partial charge >= 0.3 is 0 Å². The summed E-state index contributed by atoms with van der Waals surface area (Å²) in [4.78, 5) is 0.0932. The molecule has 0 bridgehead atoms. The Bertz CT molecular complexity index is 581. The summed E-state index contributed by atoms with van der Waals surface area (Å²) in [7, 11) is -0.733. The summed E-state index contributed by atoms with van der Waals surface area (Å²) in [5.41, 5.74) is 0. The molecule has 6 nitrogen and oxygen atoms in total. The first-order valence-corrected chi connectivity index (χ1v) is 8.32. The third kappa shape index (κ3) is 3.66. The van der Waals surface area contributed by atoms with Crippen molar-refractivity contribution in [2.45, 2.75) is 36.8 Å². The first-order chi connectivity index (χ1) is 9.97. The Balaban J connectivity index is 2.22. The molecule has 7 heteroatoms. The van der Waals surface area contributed by atoms with Gasteiger partial charge in [0.15, 0.2) is 0 Å². The van der Waals surface area contributed by atoms with Crippen LogP contribution in [-0.2, 0) is 14.8 Å². The number of hydrogen-bond donors (Lipinski definition) is 1. The van der Waals surface area contributed by atoms with E-state index in [1.54, 1.807) is 12.1 Å². The number of methoxy groups -OCH3 is 2. The Morgan fingerprint density at radius 1 is 1.33 bits per heavy atom. The van der Waals surface area contributed by atoms with Gasteiger partial charge in [-0.2, -0.15) is 0 Å². The van der Waals surface area contributed by atoms with E-state index in [2.05, 4.69) is 4.72 Å². The fourth-order valence-corrected chi connectivity index (χ4v) is 3.80. The van der Waals surface area contributed by atoms with Crippen molar-refractivity contribution in [1.82, 2.24) is 4.72 Å². The summed E-state index contributed by atoms with van der Waals surface area (Å²) >= 11 is 0. The Labute approximate surface area is 125 Å². The van der Waals surface area contributed by atoms with Crippen molar-refractivity contribution in [1.29, 1.82) is 0 Å². The first kappa shape index (κ1) is 16.1. The van der Waals surface area contributed by atoms with Crippen molar-refractivity contribution in [3.63, 3.8) is 0 Å². The second kappa shape index (κ2) is 6.64. The van der Waals surface area contributed by atoms with E-state index in [0.29, 0.717) is 12.4 Å². The van der Waals surface area contributed by atoms with Crippen LogP contribution < -0.4 is 14.2 Å². The third-order valence-corrected chi connectivity index (χ3v) is 5.12. The maximum Gasteiger partial charge on any atom is 0.244 e. The van der Waals surface area contributed by atoms with Gasteiger partial charge in [0, 0.05) is 18.7 Å². The molecule has 0 radical (unpaired) electrons. The largest absolute Gasteiger partial charge is 0.497 e. The summed E-state index contributed by atoms with van der Waals surface area (Å²) in [5.74, 6) is 0.791. The molecule has 1 heterocycles. The second-order valence-electron chi connectivity index (χ2n) is 4.98. The monoisotopic (exact) mass is 315 g/mol. The molecule has 0 spiro atoms. The van der Waals surface area contributed by atoms with Crippen LogP contribution in [0.1, 0.15) is 19.8 Å². The van der Waals surface area contributed by atoms with Crippen molar-refractivity contribution in [3.05, 3.63) is 18.2 Å². The minimum Gasteiger partial charge on any atom is -0.497 e. The van der Waals surface area contributed by atoms with Crippen molar-refractivity contribution in [2.75, 3.05) is 20.8 Å². The summed E-state index contributed by atoms with van der Waals surface area (Å²) in [5, 5.41) is 0. The Morgan fingerprint density at radius 2 is 2.10 bits per heavy atom. The zero-order valence-corrected chi connectivity index (χ0v) is 13.3. The molecule has 1 saturated heterocycles. The quantitative estimate of drug-likeness (QED) is 0.862. The Kier molecular flexibility index (Phi) is 5.08. The minimum atomic E-state index is -3.68. The molecule has 0 unspecified atom stereocenters. The van der Waals surface area contributed by atoms with Crippen LogP contribution in [0.15, 0.2) is 23.1 Å². The van der Waals surface area contributed by atoms with Crippen molar-refractivity contribution in [2.24, 2.45) is 0 Å². The first-order valence-electron chi connectivity index (χ1n) is 6.84. The zero-order chi connectivity index (χ0) is 15.5. The highest BCUT2D eigenvalue weighted by atomic mass is 32.2. The van der Waals surface area contributed by atoms with E-state index in [-0.39, 0.29) is 22.8 Å². The molecule has 2 atom stereocenters. The molecule has 1 aromatic carbocycles. The molecule has 118 valence electrons. The maximum absolute atomic E-state index is 12.5. The van der Waals surface area contributed by atoms with Crippen LogP contribution in [-0.4, -0.2) is 41.4 Å². The number of benzene rings is 1. The molecular weight excluding hydrogens is 294 g/mol. The number of nitrogens with one attached hydrogen (secondary N) is 1. The Hall–Kier alpha value is -1.31. The average Bonchev–Trinajstić information content (AvgIpc) is 3.00. The molecule has 1 aromatic rings. The van der Waals surface area contributed by atoms with Gasteiger partial charge in [-0.05, 0) is 31.9 Å². The van der Waals surface area contributed by atoms with E-state index in [4.69, 9.17) is 14.2 Å². The van der Waals surface area contributed by atoms with E-state index in [0.717, 1.165) is 12.8 Å². The van der Waals surface area contributed by atoms with Crippen molar-refractivity contribution in [3.8, 4) is 11.5 Å². The summed E-state index contributed by atoms with van der Waals surface area (Å²) in [6, 6.07) is 4.32. The van der Waals surface area contributed by atoms with E-state index in [1.807, 2.05) is 6.92 Å². The second-order valence-corrected chi connectivity index (χ2v) is 6.66. The molecule has 0 saturated carbocycles. The SMILES string of the molecule is COc1ccc(S(=O)(=O)N[C@@H](C)[C@@H]2CCCO2)c(OC)c1. The van der Waals surface area contributed by atoms with Gasteiger partial charge < -0.3 is 14.2 Å². The van der Waals surface area contributed by atoms with Crippen LogP contribution in [0.25, 0.3) is 0 Å². The molecular formula is C14H21NO5S. The lowest BCUT2D eigenvalue weighted by Crippen LogP contribution is -2.40. The maximum atomic E-state index is 12.5. The van der Waals surface area contributed by atoms with Gasteiger partial charge in [0.25, 0.3) is 0 Å². The highest BCUT2D eigenvalue weighted by Crippen LogP contribution is 2.29. The normalized spacial score (nSPS) is 20.2. The van der Waals surface area contributed by atoms with Crippen LogP contribution in [0.4, 0.5) is 0 Å². The topological polar surface area (TPSA) is 73.9 Å². The summed E-state index contributed by atoms with van der Waals surface area (Å²) in [6.07, 6.45) is 1.75. The average molecular weight is 315 g/mol. The van der Waals surface area contributed by atoms with Crippen LogP contribution in [0.2, 0.25) is 0 Å². The Morgan fingerprint density at radius 3 is 2.67 bits per heavy atom. The molecule has 0 aromatic heterocycles. The predicted octanol–water partition coefficient (Wildman–Crippen LogP) is 1.55. The van der Waals surface area contributed by atoms with Gasteiger partial charge in [-0.3, -0.25) is 0 Å². The fraction of sp³-hybridized carbons (Fsp3) is 0.571. The van der Waals surface area contributed by atoms with Crippen molar-refractivity contribution < 1.29 is 22.6 Å². The van der Waals surface area contributed by atoms with Crippen LogP contribution in [0.5, 0.6) is 11.5 Å². The highest BCUT2D eigenvalue weighted by molar-refractivity contribution is 7.89. The lowest BCUT2D eigenvalue weighted by atomic mass is 10.1. The fourth-order valence-electron chi connectivity index (χ4n) is 2.38. The van der Waals surface area contributed by atoms with Gasteiger partial charge in [0.05, 0.1) is 20.3 Å². The molecule has 1 aliphatic heterocycles. The van der Waals surface area contributed by atoms with Gasteiger partial charge in [0.2, 0.25) is 10.0 Å². The number of rotatable bonds is 6. The number of hydrogen-bond acceptors (Lipinski definition) is 5. The molecule has 0 amide bonds. The van der Waals surface area contributed by atoms with Crippen LogP contribution in [0, 0.1) is 0 Å². The number of sulfonamides is 1. The van der Waals surface area contributed by atoms with Crippen LogP contribution in [0.3, 0.4) is 0 Å².